The van der Waals surface area contributed by atoms with Gasteiger partial charge in [0.25, 0.3) is 5.91 Å². The smallest absolute Gasteiger partial charge is 0.310 e. The first kappa shape index (κ1) is 23.1. The second-order valence-electron chi connectivity index (χ2n) is 7.73. The molecule has 0 aliphatic carbocycles. The second-order valence-corrected chi connectivity index (χ2v) is 7.73. The molecule has 1 aromatic carbocycles. The van der Waals surface area contributed by atoms with Crippen LogP contribution in [0.3, 0.4) is 0 Å². The van der Waals surface area contributed by atoms with Crippen molar-refractivity contribution in [1.82, 2.24) is 24.6 Å². The molecule has 0 spiro atoms. The minimum atomic E-state index is -2.59. The Morgan fingerprint density at radius 1 is 1.26 bits per heavy atom. The van der Waals surface area contributed by atoms with Crippen molar-refractivity contribution in [2.75, 3.05) is 33.5 Å². The van der Waals surface area contributed by atoms with E-state index < -0.39 is 11.8 Å². The van der Waals surface area contributed by atoms with E-state index >= 15 is 0 Å². The van der Waals surface area contributed by atoms with Crippen LogP contribution in [0.2, 0.25) is 0 Å². The van der Waals surface area contributed by atoms with Crippen LogP contribution in [-0.2, 0) is 16.6 Å². The summed E-state index contributed by atoms with van der Waals surface area (Å²) in [6, 6.07) is 8.02. The molecule has 0 radical (unpaired) electrons. The SMILES string of the molecule is CCCN(COC)C(O)(O)C(=O)N1CC=C(c2ccc(-c3nc(C)n(C)n3)cc2)CC1. The second kappa shape index (κ2) is 9.69. The van der Waals surface area contributed by atoms with Gasteiger partial charge < -0.3 is 19.8 Å². The molecule has 168 valence electrons. The van der Waals surface area contributed by atoms with E-state index in [1.54, 1.807) is 4.68 Å². The highest BCUT2D eigenvalue weighted by Crippen LogP contribution is 2.26. The van der Waals surface area contributed by atoms with Gasteiger partial charge in [0.05, 0.1) is 0 Å². The van der Waals surface area contributed by atoms with Gasteiger partial charge >= 0.3 is 5.91 Å². The van der Waals surface area contributed by atoms with E-state index in [4.69, 9.17) is 4.74 Å². The molecule has 0 bridgehead atoms. The molecule has 3 rings (SSSR count). The van der Waals surface area contributed by atoms with E-state index in [0.717, 1.165) is 22.5 Å². The molecule has 9 heteroatoms. The summed E-state index contributed by atoms with van der Waals surface area (Å²) in [7, 11) is 3.32. The lowest BCUT2D eigenvalue weighted by molar-refractivity contribution is -0.271. The Kier molecular flexibility index (Phi) is 7.22. The fraction of sp³-hybridized carbons (Fsp3) is 0.500. The molecule has 0 unspecified atom stereocenters. The topological polar surface area (TPSA) is 104 Å². The van der Waals surface area contributed by atoms with Gasteiger partial charge in [-0.1, -0.05) is 37.3 Å². The number of hydrogen-bond acceptors (Lipinski definition) is 7. The monoisotopic (exact) mass is 429 g/mol. The highest BCUT2D eigenvalue weighted by atomic mass is 16.6. The molecule has 0 saturated carbocycles. The number of carbonyl (C=O) groups excluding carboxylic acids is 1. The summed E-state index contributed by atoms with van der Waals surface area (Å²) in [6.45, 7) is 4.82. The van der Waals surface area contributed by atoms with Crippen LogP contribution in [0.25, 0.3) is 17.0 Å². The molecule has 2 N–H and O–H groups in total. The van der Waals surface area contributed by atoms with Crippen LogP contribution in [0.5, 0.6) is 0 Å². The number of aryl methyl sites for hydroxylation is 2. The molecule has 1 amide bonds. The van der Waals surface area contributed by atoms with Gasteiger partial charge in [-0.2, -0.15) is 5.10 Å². The molecule has 2 aromatic rings. The predicted octanol–water partition coefficient (Wildman–Crippen LogP) is 1.36. The van der Waals surface area contributed by atoms with Crippen molar-refractivity contribution in [2.45, 2.75) is 32.6 Å². The molecule has 1 aromatic heterocycles. The molecular formula is C22H31N5O4. The maximum Gasteiger partial charge on any atom is 0.310 e. The predicted molar refractivity (Wildman–Crippen MR) is 116 cm³/mol. The third kappa shape index (κ3) is 5.01. The minimum absolute atomic E-state index is 0.0431. The number of amides is 1. The maximum absolute atomic E-state index is 12.8. The highest BCUT2D eigenvalue weighted by Gasteiger charge is 2.43. The maximum atomic E-state index is 12.8. The molecular weight excluding hydrogens is 398 g/mol. The van der Waals surface area contributed by atoms with Crippen molar-refractivity contribution in [3.05, 3.63) is 41.7 Å². The van der Waals surface area contributed by atoms with Gasteiger partial charge in [0.15, 0.2) is 5.82 Å². The highest BCUT2D eigenvalue weighted by molar-refractivity contribution is 5.84. The van der Waals surface area contributed by atoms with E-state index in [2.05, 4.69) is 10.1 Å². The quantitative estimate of drug-likeness (QED) is 0.611. The average molecular weight is 430 g/mol. The van der Waals surface area contributed by atoms with Gasteiger partial charge in [-0.3, -0.25) is 9.48 Å². The Labute approximate surface area is 182 Å². The largest absolute Gasteiger partial charge is 0.369 e. The van der Waals surface area contributed by atoms with E-state index in [0.29, 0.717) is 38.3 Å². The van der Waals surface area contributed by atoms with Gasteiger partial charge in [-0.25, -0.2) is 9.88 Å². The molecule has 0 fully saturated rings. The standard InChI is InChI=1S/C22H31N5O4/c1-5-12-27(15-31-4)22(29,30)21(28)26-13-10-18(11-14-26)17-6-8-19(9-7-17)20-23-16(2)25(3)24-20/h6-10,29-30H,5,11-15H2,1-4H3. The van der Waals surface area contributed by atoms with Gasteiger partial charge in [-0.05, 0) is 30.9 Å². The Morgan fingerprint density at radius 2 is 1.94 bits per heavy atom. The summed E-state index contributed by atoms with van der Waals surface area (Å²) >= 11 is 0. The summed E-state index contributed by atoms with van der Waals surface area (Å²) < 4.78 is 6.76. The van der Waals surface area contributed by atoms with Crippen molar-refractivity contribution >= 4 is 11.5 Å². The van der Waals surface area contributed by atoms with Crippen molar-refractivity contribution in [1.29, 1.82) is 0 Å². The van der Waals surface area contributed by atoms with Crippen molar-refractivity contribution in [3.63, 3.8) is 0 Å². The van der Waals surface area contributed by atoms with E-state index in [9.17, 15) is 15.0 Å². The molecule has 0 atom stereocenters. The number of aliphatic hydroxyl groups is 2. The Balaban J connectivity index is 1.68. The van der Waals surface area contributed by atoms with Crippen LogP contribution in [0.1, 0.15) is 31.2 Å². The number of aromatic nitrogens is 3. The summed E-state index contributed by atoms with van der Waals surface area (Å²) in [4.78, 5) is 19.9. The van der Waals surface area contributed by atoms with Gasteiger partial charge in [0.2, 0.25) is 0 Å². The zero-order valence-corrected chi connectivity index (χ0v) is 18.6. The summed E-state index contributed by atoms with van der Waals surface area (Å²) in [5, 5.41) is 25.4. The average Bonchev–Trinajstić information content (AvgIpc) is 3.11. The van der Waals surface area contributed by atoms with Gasteiger partial charge in [-0.15, -0.1) is 0 Å². The first-order valence-corrected chi connectivity index (χ1v) is 10.4. The Hall–Kier alpha value is -2.59. The molecule has 1 aliphatic rings. The van der Waals surface area contributed by atoms with Crippen LogP contribution >= 0.6 is 0 Å². The fourth-order valence-electron chi connectivity index (χ4n) is 3.62. The number of nitrogens with zero attached hydrogens (tertiary/aromatic N) is 5. The van der Waals surface area contributed by atoms with Crippen LogP contribution in [0.15, 0.2) is 30.3 Å². The third-order valence-electron chi connectivity index (χ3n) is 5.50. The molecule has 31 heavy (non-hydrogen) atoms. The number of methoxy groups -OCH3 is 1. The zero-order valence-electron chi connectivity index (χ0n) is 18.6. The first-order valence-electron chi connectivity index (χ1n) is 10.4. The van der Waals surface area contributed by atoms with E-state index in [1.165, 1.54) is 16.9 Å². The lowest BCUT2D eigenvalue weighted by Crippen LogP contribution is -2.61. The van der Waals surface area contributed by atoms with Crippen LogP contribution in [-0.4, -0.2) is 80.1 Å². The molecule has 0 saturated heterocycles. The summed E-state index contributed by atoms with van der Waals surface area (Å²) in [5.41, 5.74) is 3.12. The number of hydrogen-bond donors (Lipinski definition) is 2. The van der Waals surface area contributed by atoms with Crippen molar-refractivity contribution in [3.8, 4) is 11.4 Å². The molecule has 9 nitrogen and oxygen atoms in total. The third-order valence-corrected chi connectivity index (χ3v) is 5.50. The number of ether oxygens (including phenoxy) is 1. The zero-order chi connectivity index (χ0) is 22.6. The first-order chi connectivity index (χ1) is 14.8. The Bertz CT molecular complexity index is 910. The van der Waals surface area contributed by atoms with Gasteiger partial charge in [0, 0.05) is 39.4 Å². The fourth-order valence-corrected chi connectivity index (χ4v) is 3.62. The lowest BCUT2D eigenvalue weighted by Gasteiger charge is -2.37. The minimum Gasteiger partial charge on any atom is -0.369 e. The van der Waals surface area contributed by atoms with Crippen LogP contribution < -0.4 is 0 Å². The van der Waals surface area contributed by atoms with E-state index in [-0.39, 0.29) is 6.73 Å². The molecule has 1 aliphatic heterocycles. The molecule has 2 heterocycles. The van der Waals surface area contributed by atoms with Crippen LogP contribution in [0, 0.1) is 6.92 Å². The van der Waals surface area contributed by atoms with E-state index in [1.807, 2.05) is 51.2 Å². The summed E-state index contributed by atoms with van der Waals surface area (Å²) in [6.07, 6.45) is 3.24. The van der Waals surface area contributed by atoms with Gasteiger partial charge in [0.1, 0.15) is 12.6 Å². The normalized spacial score (nSPS) is 14.8. The van der Waals surface area contributed by atoms with Crippen molar-refractivity contribution in [2.24, 2.45) is 7.05 Å². The Morgan fingerprint density at radius 3 is 2.45 bits per heavy atom. The summed E-state index contributed by atoms with van der Waals surface area (Å²) in [5.74, 6) is -1.78. The number of benzene rings is 1. The lowest BCUT2D eigenvalue weighted by atomic mass is 9.98. The number of rotatable bonds is 8. The van der Waals surface area contributed by atoms with Crippen LogP contribution in [0.4, 0.5) is 0 Å². The van der Waals surface area contributed by atoms with Crippen molar-refractivity contribution < 1.29 is 19.7 Å². The number of carbonyl (C=O) groups is 1.